The first kappa shape index (κ1) is 12.4. The van der Waals surface area contributed by atoms with Crippen molar-refractivity contribution in [3.63, 3.8) is 0 Å². The van der Waals surface area contributed by atoms with Crippen molar-refractivity contribution in [2.75, 3.05) is 19.7 Å². The number of aliphatic hydroxyl groups excluding tert-OH is 1. The number of aliphatic carboxylic acids is 1. The summed E-state index contributed by atoms with van der Waals surface area (Å²) in [6, 6.07) is -0.0327. The molecule has 0 aromatic carbocycles. The summed E-state index contributed by atoms with van der Waals surface area (Å²) in [4.78, 5) is 12.6. The molecule has 2 unspecified atom stereocenters. The van der Waals surface area contributed by atoms with Gasteiger partial charge in [-0.05, 0) is 13.5 Å². The predicted molar refractivity (Wildman–Crippen MR) is 50.6 cm³/mol. The minimum Gasteiger partial charge on any atom is -0.481 e. The lowest BCUT2D eigenvalue weighted by Gasteiger charge is -2.29. The van der Waals surface area contributed by atoms with Gasteiger partial charge in [-0.2, -0.15) is 0 Å². The molecule has 0 aromatic rings. The van der Waals surface area contributed by atoms with Gasteiger partial charge in [-0.25, -0.2) is 0 Å². The molecule has 0 saturated heterocycles. The van der Waals surface area contributed by atoms with Gasteiger partial charge < -0.3 is 10.2 Å². The molecule has 0 heterocycles. The van der Waals surface area contributed by atoms with Crippen molar-refractivity contribution in [3.05, 3.63) is 0 Å². The Balaban J connectivity index is 4.17. The van der Waals surface area contributed by atoms with E-state index in [-0.39, 0.29) is 12.6 Å². The van der Waals surface area contributed by atoms with Gasteiger partial charge in [0.15, 0.2) is 0 Å². The lowest BCUT2D eigenvalue weighted by molar-refractivity contribution is -0.143. The van der Waals surface area contributed by atoms with Crippen LogP contribution in [0.5, 0.6) is 0 Å². The van der Waals surface area contributed by atoms with Crippen molar-refractivity contribution in [3.8, 4) is 0 Å². The Bertz CT molecular complexity index is 161. The van der Waals surface area contributed by atoms with E-state index >= 15 is 0 Å². The highest BCUT2D eigenvalue weighted by molar-refractivity contribution is 5.70. The second-order valence-electron chi connectivity index (χ2n) is 3.22. The minimum absolute atomic E-state index is 0.0327. The Hall–Kier alpha value is -0.610. The predicted octanol–water partition coefficient (Wildman–Crippen LogP) is 0.410. The average Bonchev–Trinajstić information content (AvgIpc) is 2.11. The number of carbonyl (C=O) groups is 1. The molecule has 0 aliphatic heterocycles. The molecule has 4 heteroatoms. The molecule has 0 fully saturated rings. The summed E-state index contributed by atoms with van der Waals surface area (Å²) >= 11 is 0. The van der Waals surface area contributed by atoms with Crippen LogP contribution < -0.4 is 0 Å². The molecule has 0 aliphatic rings. The van der Waals surface area contributed by atoms with Gasteiger partial charge in [-0.1, -0.05) is 13.8 Å². The van der Waals surface area contributed by atoms with E-state index in [4.69, 9.17) is 10.2 Å². The maximum Gasteiger partial charge on any atom is 0.307 e. The van der Waals surface area contributed by atoms with Crippen LogP contribution in [0.3, 0.4) is 0 Å². The quantitative estimate of drug-likeness (QED) is 0.635. The van der Waals surface area contributed by atoms with E-state index in [0.29, 0.717) is 6.54 Å². The standard InChI is InChI=1S/C9H19NO3/c1-4-10(5-6-11)8(3)7(2)9(12)13/h7-8,11H,4-6H2,1-3H3,(H,12,13). The van der Waals surface area contributed by atoms with E-state index in [2.05, 4.69) is 0 Å². The molecule has 0 rings (SSSR count). The lowest BCUT2D eigenvalue weighted by Crippen LogP contribution is -2.41. The fraction of sp³-hybridized carbons (Fsp3) is 0.889. The summed E-state index contributed by atoms with van der Waals surface area (Å²) in [5.74, 6) is -1.18. The van der Waals surface area contributed by atoms with Crippen molar-refractivity contribution < 1.29 is 15.0 Å². The Morgan fingerprint density at radius 2 is 2.00 bits per heavy atom. The summed E-state index contributed by atoms with van der Waals surface area (Å²) in [5.41, 5.74) is 0. The van der Waals surface area contributed by atoms with Crippen LogP contribution in [0.2, 0.25) is 0 Å². The van der Waals surface area contributed by atoms with Crippen LogP contribution in [0.4, 0.5) is 0 Å². The normalized spacial score (nSPS) is 15.8. The zero-order chi connectivity index (χ0) is 10.4. The van der Waals surface area contributed by atoms with Gasteiger partial charge in [0.25, 0.3) is 0 Å². The van der Waals surface area contributed by atoms with Crippen LogP contribution in [0.15, 0.2) is 0 Å². The van der Waals surface area contributed by atoms with Crippen molar-refractivity contribution in [2.24, 2.45) is 5.92 Å². The fourth-order valence-electron chi connectivity index (χ4n) is 1.30. The maximum atomic E-state index is 10.7. The maximum absolute atomic E-state index is 10.7. The number of hydrogen-bond acceptors (Lipinski definition) is 3. The van der Waals surface area contributed by atoms with E-state index in [1.165, 1.54) is 0 Å². The first-order valence-corrected chi connectivity index (χ1v) is 4.62. The van der Waals surface area contributed by atoms with E-state index < -0.39 is 11.9 Å². The third kappa shape index (κ3) is 3.74. The topological polar surface area (TPSA) is 60.8 Å². The molecule has 2 N–H and O–H groups in total. The average molecular weight is 189 g/mol. The number of hydrogen-bond donors (Lipinski definition) is 2. The molecule has 0 aromatic heterocycles. The van der Waals surface area contributed by atoms with Gasteiger partial charge in [-0.3, -0.25) is 9.69 Å². The Morgan fingerprint density at radius 3 is 2.31 bits per heavy atom. The first-order valence-electron chi connectivity index (χ1n) is 4.62. The smallest absolute Gasteiger partial charge is 0.307 e. The second kappa shape index (κ2) is 5.94. The monoisotopic (exact) mass is 189 g/mol. The molecular formula is C9H19NO3. The second-order valence-corrected chi connectivity index (χ2v) is 3.22. The van der Waals surface area contributed by atoms with Crippen molar-refractivity contribution in [1.29, 1.82) is 0 Å². The number of likely N-dealkylation sites (N-methyl/N-ethyl adjacent to an activating group) is 1. The highest BCUT2D eigenvalue weighted by Gasteiger charge is 2.23. The molecule has 78 valence electrons. The molecule has 13 heavy (non-hydrogen) atoms. The Morgan fingerprint density at radius 1 is 1.46 bits per heavy atom. The summed E-state index contributed by atoms with van der Waals surface area (Å²) < 4.78 is 0. The zero-order valence-electron chi connectivity index (χ0n) is 8.53. The van der Waals surface area contributed by atoms with E-state index in [9.17, 15) is 4.79 Å². The molecule has 0 aliphatic carbocycles. The summed E-state index contributed by atoms with van der Waals surface area (Å²) in [6.45, 7) is 6.89. The third-order valence-corrected chi connectivity index (χ3v) is 2.48. The van der Waals surface area contributed by atoms with Gasteiger partial charge in [0.1, 0.15) is 0 Å². The number of nitrogens with zero attached hydrogens (tertiary/aromatic N) is 1. The van der Waals surface area contributed by atoms with Crippen molar-refractivity contribution >= 4 is 5.97 Å². The molecule has 0 amide bonds. The molecule has 2 atom stereocenters. The van der Waals surface area contributed by atoms with Gasteiger partial charge >= 0.3 is 5.97 Å². The van der Waals surface area contributed by atoms with E-state index in [1.54, 1.807) is 6.92 Å². The molecule has 0 saturated carbocycles. The Kier molecular flexibility index (Phi) is 5.66. The van der Waals surface area contributed by atoms with Crippen LogP contribution in [0.1, 0.15) is 20.8 Å². The first-order chi connectivity index (χ1) is 6.04. The fourth-order valence-corrected chi connectivity index (χ4v) is 1.30. The molecule has 0 radical (unpaired) electrons. The summed E-state index contributed by atoms with van der Waals surface area (Å²) in [6.07, 6.45) is 0. The largest absolute Gasteiger partial charge is 0.481 e. The number of aliphatic hydroxyl groups is 1. The van der Waals surface area contributed by atoms with Crippen LogP contribution in [0, 0.1) is 5.92 Å². The van der Waals surface area contributed by atoms with E-state index in [1.807, 2.05) is 18.7 Å². The third-order valence-electron chi connectivity index (χ3n) is 2.48. The number of rotatable bonds is 6. The van der Waals surface area contributed by atoms with Crippen LogP contribution in [-0.2, 0) is 4.79 Å². The highest BCUT2D eigenvalue weighted by Crippen LogP contribution is 2.10. The Labute approximate surface area is 79.2 Å². The van der Waals surface area contributed by atoms with Gasteiger partial charge in [-0.15, -0.1) is 0 Å². The lowest BCUT2D eigenvalue weighted by atomic mass is 10.0. The zero-order valence-corrected chi connectivity index (χ0v) is 8.53. The number of carboxylic acid groups (broad SMARTS) is 1. The van der Waals surface area contributed by atoms with Gasteiger partial charge in [0.05, 0.1) is 12.5 Å². The van der Waals surface area contributed by atoms with E-state index in [0.717, 1.165) is 6.54 Å². The molecule has 4 nitrogen and oxygen atoms in total. The molecule has 0 spiro atoms. The van der Waals surface area contributed by atoms with Gasteiger partial charge in [0.2, 0.25) is 0 Å². The minimum atomic E-state index is -0.788. The summed E-state index contributed by atoms with van der Waals surface area (Å²) in [5, 5.41) is 17.5. The summed E-state index contributed by atoms with van der Waals surface area (Å²) in [7, 11) is 0. The van der Waals surface area contributed by atoms with Gasteiger partial charge in [0, 0.05) is 12.6 Å². The number of carboxylic acids is 1. The van der Waals surface area contributed by atoms with Crippen LogP contribution in [0.25, 0.3) is 0 Å². The SMILES string of the molecule is CCN(CCO)C(C)C(C)C(=O)O. The van der Waals surface area contributed by atoms with Crippen molar-refractivity contribution in [1.82, 2.24) is 4.90 Å². The van der Waals surface area contributed by atoms with Crippen LogP contribution in [-0.4, -0.2) is 46.8 Å². The van der Waals surface area contributed by atoms with Crippen molar-refractivity contribution in [2.45, 2.75) is 26.8 Å². The molecular weight excluding hydrogens is 170 g/mol. The van der Waals surface area contributed by atoms with Crippen LogP contribution >= 0.6 is 0 Å². The molecule has 0 bridgehead atoms. The highest BCUT2D eigenvalue weighted by atomic mass is 16.4.